The van der Waals surface area contributed by atoms with Crippen LogP contribution in [0.25, 0.3) is 11.0 Å². The minimum atomic E-state index is -3.72. The average Bonchev–Trinajstić information content (AvgIpc) is 4.01. The number of hydrogen-bond acceptors (Lipinski definition) is 13. The lowest BCUT2D eigenvalue weighted by Gasteiger charge is -2.37. The fourth-order valence-corrected chi connectivity index (χ4v) is 12.4. The molecule has 6 aromatic carbocycles. The van der Waals surface area contributed by atoms with E-state index in [0.717, 1.165) is 35.3 Å². The van der Waals surface area contributed by atoms with Crippen LogP contribution in [0.3, 0.4) is 0 Å². The molecule has 8 rings (SSSR count). The number of carbonyl (C=O) groups is 6. The summed E-state index contributed by atoms with van der Waals surface area (Å²) in [5, 5.41) is 3.43. The van der Waals surface area contributed by atoms with Crippen molar-refractivity contribution in [3.63, 3.8) is 0 Å². The van der Waals surface area contributed by atoms with E-state index < -0.39 is 68.4 Å². The molecule has 0 radical (unpaired) electrons. The number of hydrogen-bond donors (Lipinski definition) is 1. The summed E-state index contributed by atoms with van der Waals surface area (Å²) in [5.74, 6) is -4.49. The van der Waals surface area contributed by atoms with Crippen LogP contribution in [0.4, 0.5) is 4.79 Å². The summed E-state index contributed by atoms with van der Waals surface area (Å²) in [6.07, 6.45) is -0.339. The molecule has 1 aliphatic rings. The molecule has 15 nitrogen and oxygen atoms in total. The standard InChI is InChI=1S/C60H57Cl2N3O12S2/c1-37(66)65(58(71)77-59(3,4)5)50(36-78-60(43-18-10-7-11-19-43,44-20-12-8-13-21-44)45-22-14-9-15-23-45)57(70)76-38(2)75-56(69)49(32-39-17-16-24-46(31-39)79(6,72)73)63-54(67)52-48(61)33-42-35-64(29-27-47(42)53(52)62)55(68)41-26-25-40-28-30-74-51(40)34-41/h7-26,28,30-31,33-34,38,49-50H,27,29,32,35-36H2,1-6H3,(H,63,67)/t38?,49-,50-/m0/s1. The maximum Gasteiger partial charge on any atom is 0.417 e. The minimum absolute atomic E-state index is 0.00247. The van der Waals surface area contributed by atoms with Gasteiger partial charge in [-0.25, -0.2) is 27.7 Å². The third-order valence-corrected chi connectivity index (χ3v) is 16.5. The molecule has 3 atom stereocenters. The molecule has 4 amide bonds. The van der Waals surface area contributed by atoms with Gasteiger partial charge >= 0.3 is 18.0 Å². The highest BCUT2D eigenvalue weighted by molar-refractivity contribution is 8.00. The van der Waals surface area contributed by atoms with E-state index >= 15 is 0 Å². The molecule has 1 aromatic heterocycles. The summed E-state index contributed by atoms with van der Waals surface area (Å²) in [5.41, 5.74) is 3.67. The highest BCUT2D eigenvalue weighted by Gasteiger charge is 2.44. The Morgan fingerprint density at radius 1 is 0.785 bits per heavy atom. The summed E-state index contributed by atoms with van der Waals surface area (Å²) < 4.78 is 47.0. The Balaban J connectivity index is 1.07. The molecule has 0 saturated carbocycles. The van der Waals surface area contributed by atoms with Crippen LogP contribution in [-0.4, -0.2) is 96.5 Å². The van der Waals surface area contributed by atoms with Crippen LogP contribution < -0.4 is 5.32 Å². The van der Waals surface area contributed by atoms with E-state index in [0.29, 0.717) is 32.7 Å². The van der Waals surface area contributed by atoms with Crippen molar-refractivity contribution in [3.05, 3.63) is 206 Å². The molecule has 1 aliphatic heterocycles. The number of sulfone groups is 1. The van der Waals surface area contributed by atoms with Gasteiger partial charge in [-0.15, -0.1) is 11.8 Å². The first-order chi connectivity index (χ1) is 37.5. The number of amides is 4. The van der Waals surface area contributed by atoms with Crippen molar-refractivity contribution in [3.8, 4) is 0 Å². The van der Waals surface area contributed by atoms with E-state index in [4.69, 9.17) is 41.8 Å². The van der Waals surface area contributed by atoms with Crippen molar-refractivity contribution < 1.29 is 55.8 Å². The highest BCUT2D eigenvalue weighted by atomic mass is 35.5. The molecule has 2 heterocycles. The topological polar surface area (TPSA) is 196 Å². The number of thioether (sulfide) groups is 1. The maximum atomic E-state index is 14.8. The number of nitrogens with one attached hydrogen (secondary N) is 1. The Bertz CT molecular complexity index is 3440. The number of carbonyl (C=O) groups excluding carboxylic acids is 6. The quantitative estimate of drug-likeness (QED) is 0.0514. The Morgan fingerprint density at radius 2 is 1.39 bits per heavy atom. The molecule has 410 valence electrons. The molecule has 0 bridgehead atoms. The van der Waals surface area contributed by atoms with Gasteiger partial charge in [-0.1, -0.05) is 132 Å². The number of ether oxygens (including phenoxy) is 3. The van der Waals surface area contributed by atoms with Gasteiger partial charge in [0.2, 0.25) is 12.2 Å². The van der Waals surface area contributed by atoms with Crippen LogP contribution in [0.2, 0.25) is 10.0 Å². The largest absolute Gasteiger partial charge is 0.464 e. The molecule has 79 heavy (non-hydrogen) atoms. The summed E-state index contributed by atoms with van der Waals surface area (Å²) in [6.45, 7) is 7.58. The molecule has 19 heteroatoms. The van der Waals surface area contributed by atoms with Gasteiger partial charge in [0.25, 0.3) is 11.8 Å². The van der Waals surface area contributed by atoms with Crippen LogP contribution in [0.15, 0.2) is 161 Å². The molecule has 0 fully saturated rings. The van der Waals surface area contributed by atoms with Gasteiger partial charge in [-0.2, -0.15) is 0 Å². The predicted octanol–water partition coefficient (Wildman–Crippen LogP) is 11.0. The number of furan rings is 1. The van der Waals surface area contributed by atoms with Crippen molar-refractivity contribution in [1.82, 2.24) is 15.1 Å². The van der Waals surface area contributed by atoms with Crippen molar-refractivity contribution >= 4 is 91.5 Å². The van der Waals surface area contributed by atoms with Crippen molar-refractivity contribution in [2.45, 2.75) is 87.6 Å². The summed E-state index contributed by atoms with van der Waals surface area (Å²) in [6, 6.07) is 39.7. The van der Waals surface area contributed by atoms with E-state index in [1.54, 1.807) is 62.3 Å². The second-order valence-corrected chi connectivity index (χ2v) is 23.9. The molecular weight excluding hydrogens is 1090 g/mol. The number of fused-ring (bicyclic) bond motifs is 2. The van der Waals surface area contributed by atoms with Crippen molar-refractivity contribution in [1.29, 1.82) is 0 Å². The van der Waals surface area contributed by atoms with E-state index in [1.165, 1.54) is 43.0 Å². The van der Waals surface area contributed by atoms with Gasteiger partial charge in [-0.05, 0) is 97.0 Å². The number of halogens is 2. The fraction of sp³-hybridized carbons (Fsp3) is 0.267. The Hall–Kier alpha value is -7.44. The molecule has 0 aliphatic carbocycles. The smallest absolute Gasteiger partial charge is 0.417 e. The molecule has 0 saturated heterocycles. The molecule has 1 N–H and O–H groups in total. The van der Waals surface area contributed by atoms with Gasteiger partial charge in [0.15, 0.2) is 9.84 Å². The normalized spacial score (nSPS) is 13.8. The average molecular weight is 1150 g/mol. The van der Waals surface area contributed by atoms with Gasteiger partial charge in [0.1, 0.15) is 23.3 Å². The maximum absolute atomic E-state index is 14.8. The van der Waals surface area contributed by atoms with Crippen LogP contribution in [0.5, 0.6) is 0 Å². The van der Waals surface area contributed by atoms with E-state index in [9.17, 15) is 37.2 Å². The lowest BCUT2D eigenvalue weighted by Crippen LogP contribution is -2.52. The van der Waals surface area contributed by atoms with Crippen LogP contribution >= 0.6 is 35.0 Å². The van der Waals surface area contributed by atoms with Crippen LogP contribution in [0.1, 0.15) is 88.7 Å². The minimum Gasteiger partial charge on any atom is -0.464 e. The Kier molecular flexibility index (Phi) is 17.7. The first kappa shape index (κ1) is 57.7. The summed E-state index contributed by atoms with van der Waals surface area (Å²) >= 11 is 15.1. The van der Waals surface area contributed by atoms with Gasteiger partial charge in [0.05, 0.1) is 31.5 Å². The second-order valence-electron chi connectivity index (χ2n) is 19.9. The third-order valence-electron chi connectivity index (χ3n) is 13.1. The lowest BCUT2D eigenvalue weighted by molar-refractivity contribution is -0.189. The zero-order valence-corrected chi connectivity index (χ0v) is 47.2. The first-order valence-corrected chi connectivity index (χ1v) is 28.8. The zero-order valence-electron chi connectivity index (χ0n) is 44.1. The Labute approximate surface area is 472 Å². The lowest BCUT2D eigenvalue weighted by atomic mass is 9.84. The van der Waals surface area contributed by atoms with Crippen molar-refractivity contribution in [2.75, 3.05) is 18.6 Å². The third kappa shape index (κ3) is 13.4. The number of benzene rings is 6. The number of esters is 2. The van der Waals surface area contributed by atoms with Gasteiger partial charge in [-0.3, -0.25) is 14.4 Å². The van der Waals surface area contributed by atoms with Gasteiger partial charge in [0, 0.05) is 56.3 Å². The second kappa shape index (κ2) is 24.3. The molecule has 0 spiro atoms. The molecular formula is C60H57Cl2N3O12S2. The van der Waals surface area contributed by atoms with Crippen LogP contribution in [-0.2, 0) is 62.6 Å². The SMILES string of the molecule is CC(=O)N(C(=O)OC(C)(C)C)[C@@H](CSC(c1ccccc1)(c1ccccc1)c1ccccc1)C(=O)OC(C)OC(=O)[C@H](Cc1cccc(S(C)(=O)=O)c1)NC(=O)c1c(Cl)cc2c(c1Cl)CCN(C(=O)c1ccc3ccoc3c1)C2. The highest BCUT2D eigenvalue weighted by Crippen LogP contribution is 2.49. The Morgan fingerprint density at radius 3 is 1.97 bits per heavy atom. The van der Waals surface area contributed by atoms with Crippen LogP contribution in [0, 0.1) is 0 Å². The monoisotopic (exact) mass is 1150 g/mol. The summed E-state index contributed by atoms with van der Waals surface area (Å²) in [4.78, 5) is 87.3. The predicted molar refractivity (Wildman–Crippen MR) is 301 cm³/mol. The van der Waals surface area contributed by atoms with E-state index in [1.807, 2.05) is 91.0 Å². The fourth-order valence-electron chi connectivity index (χ4n) is 9.38. The number of nitrogens with zero attached hydrogens (tertiary/aromatic N) is 2. The van der Waals surface area contributed by atoms with Crippen molar-refractivity contribution in [2.24, 2.45) is 0 Å². The molecule has 1 unspecified atom stereocenters. The summed E-state index contributed by atoms with van der Waals surface area (Å²) in [7, 11) is -3.72. The first-order valence-electron chi connectivity index (χ1n) is 25.1. The number of imide groups is 1. The van der Waals surface area contributed by atoms with Gasteiger partial charge < -0.3 is 28.8 Å². The zero-order chi connectivity index (χ0) is 56.8. The molecule has 7 aromatic rings. The van der Waals surface area contributed by atoms with E-state index in [-0.39, 0.29) is 58.1 Å². The van der Waals surface area contributed by atoms with E-state index in [2.05, 4.69) is 5.32 Å². The number of rotatable bonds is 17.